The highest BCUT2D eigenvalue weighted by molar-refractivity contribution is 9.10. The zero-order valence-corrected chi connectivity index (χ0v) is 9.15. The number of carboxylic acid groups (broad SMARTS) is 1. The summed E-state index contributed by atoms with van der Waals surface area (Å²) in [6, 6.07) is 5.11. The van der Waals surface area contributed by atoms with E-state index >= 15 is 0 Å². The molecule has 3 N–H and O–H groups in total. The fourth-order valence-corrected chi connectivity index (χ4v) is 2.00. The lowest BCUT2D eigenvalue weighted by Gasteiger charge is -2.06. The Morgan fingerprint density at radius 3 is 2.87 bits per heavy atom. The van der Waals surface area contributed by atoms with Gasteiger partial charge in [0.25, 0.3) is 0 Å². The molecule has 1 aromatic heterocycles. The maximum atomic E-state index is 10.9. The summed E-state index contributed by atoms with van der Waals surface area (Å²) in [6.07, 6.45) is 1.45. The summed E-state index contributed by atoms with van der Waals surface area (Å²) in [4.78, 5) is 14.8. The van der Waals surface area contributed by atoms with E-state index in [0.717, 1.165) is 0 Å². The van der Waals surface area contributed by atoms with Gasteiger partial charge in [-0.3, -0.25) is 0 Å². The van der Waals surface area contributed by atoms with Gasteiger partial charge < -0.3 is 10.8 Å². The normalized spacial score (nSPS) is 10.5. The van der Waals surface area contributed by atoms with Gasteiger partial charge in [0.2, 0.25) is 0 Å². The topological polar surface area (TPSA) is 76.2 Å². The standard InChI is InChI=1S/C10H7BrN2O2/c11-6-4-13-9(10(14)15)5-2-1-3-7(12)8(5)6/h1-4H,12H2,(H,14,15). The van der Waals surface area contributed by atoms with Gasteiger partial charge in [-0.15, -0.1) is 0 Å². The molecule has 0 bridgehead atoms. The Morgan fingerprint density at radius 2 is 2.20 bits per heavy atom. The molecule has 0 aliphatic rings. The molecule has 0 amide bonds. The molecule has 0 atom stereocenters. The monoisotopic (exact) mass is 266 g/mol. The van der Waals surface area contributed by atoms with Crippen LogP contribution < -0.4 is 5.73 Å². The number of nitrogen functional groups attached to an aromatic ring is 1. The zero-order chi connectivity index (χ0) is 11.0. The van der Waals surface area contributed by atoms with Crippen LogP contribution in [0.25, 0.3) is 10.8 Å². The number of aromatic carboxylic acids is 1. The number of pyridine rings is 1. The second-order valence-corrected chi connectivity index (χ2v) is 3.88. The summed E-state index contributed by atoms with van der Waals surface area (Å²) in [7, 11) is 0. The van der Waals surface area contributed by atoms with Gasteiger partial charge >= 0.3 is 5.97 Å². The third-order valence-corrected chi connectivity index (χ3v) is 2.70. The van der Waals surface area contributed by atoms with Gasteiger partial charge in [-0.1, -0.05) is 12.1 Å². The van der Waals surface area contributed by atoms with Crippen molar-refractivity contribution >= 4 is 38.4 Å². The average Bonchev–Trinajstić information content (AvgIpc) is 2.17. The first kappa shape index (κ1) is 9.92. The quantitative estimate of drug-likeness (QED) is 0.777. The SMILES string of the molecule is Nc1cccc2c(C(=O)O)ncc(Br)c12. The van der Waals surface area contributed by atoms with Gasteiger partial charge in [0.15, 0.2) is 5.69 Å². The number of nitrogens with zero attached hydrogens (tertiary/aromatic N) is 1. The maximum absolute atomic E-state index is 10.9. The van der Waals surface area contributed by atoms with Gasteiger partial charge in [-0.25, -0.2) is 9.78 Å². The van der Waals surface area contributed by atoms with E-state index in [-0.39, 0.29) is 5.69 Å². The summed E-state index contributed by atoms with van der Waals surface area (Å²) in [5, 5.41) is 10.2. The first-order valence-corrected chi connectivity index (χ1v) is 4.96. The fraction of sp³-hybridized carbons (Fsp3) is 0. The Morgan fingerprint density at radius 1 is 1.47 bits per heavy atom. The number of benzene rings is 1. The Bertz CT molecular complexity index is 546. The van der Waals surface area contributed by atoms with Crippen LogP contribution in [0.15, 0.2) is 28.9 Å². The first-order chi connectivity index (χ1) is 7.11. The number of halogens is 1. The molecule has 1 aromatic carbocycles. The molecule has 0 aliphatic heterocycles. The van der Waals surface area contributed by atoms with E-state index in [1.54, 1.807) is 18.2 Å². The van der Waals surface area contributed by atoms with Crippen LogP contribution in [0.1, 0.15) is 10.5 Å². The predicted molar refractivity (Wildman–Crippen MR) is 60.8 cm³/mol. The number of aromatic nitrogens is 1. The number of carboxylic acids is 1. The van der Waals surface area contributed by atoms with Crippen molar-refractivity contribution in [3.63, 3.8) is 0 Å². The first-order valence-electron chi connectivity index (χ1n) is 4.17. The Labute approximate surface area is 93.9 Å². The Kier molecular flexibility index (Phi) is 2.32. The van der Waals surface area contributed by atoms with Crippen molar-refractivity contribution in [1.82, 2.24) is 4.98 Å². The molecule has 0 unspecified atom stereocenters. The zero-order valence-electron chi connectivity index (χ0n) is 7.57. The lowest BCUT2D eigenvalue weighted by molar-refractivity contribution is 0.0693. The highest BCUT2D eigenvalue weighted by atomic mass is 79.9. The van der Waals surface area contributed by atoms with Crippen molar-refractivity contribution in [3.05, 3.63) is 34.6 Å². The van der Waals surface area contributed by atoms with E-state index in [1.807, 2.05) is 0 Å². The molecule has 0 radical (unpaired) electrons. The number of carbonyl (C=O) groups is 1. The van der Waals surface area contributed by atoms with E-state index < -0.39 is 5.97 Å². The molecule has 4 nitrogen and oxygen atoms in total. The van der Waals surface area contributed by atoms with E-state index in [9.17, 15) is 4.79 Å². The van der Waals surface area contributed by atoms with Crippen LogP contribution in [-0.4, -0.2) is 16.1 Å². The van der Waals surface area contributed by atoms with E-state index in [2.05, 4.69) is 20.9 Å². The van der Waals surface area contributed by atoms with Crippen molar-refractivity contribution in [2.24, 2.45) is 0 Å². The van der Waals surface area contributed by atoms with Crippen molar-refractivity contribution in [1.29, 1.82) is 0 Å². The number of fused-ring (bicyclic) bond motifs is 1. The number of nitrogens with two attached hydrogens (primary N) is 1. The number of hydrogen-bond acceptors (Lipinski definition) is 3. The van der Waals surface area contributed by atoms with Crippen LogP contribution in [0.2, 0.25) is 0 Å². The molecular weight excluding hydrogens is 260 g/mol. The minimum absolute atomic E-state index is 0.0144. The van der Waals surface area contributed by atoms with Crippen LogP contribution in [0.3, 0.4) is 0 Å². The molecule has 2 rings (SSSR count). The lowest BCUT2D eigenvalue weighted by atomic mass is 10.1. The number of rotatable bonds is 1. The summed E-state index contributed by atoms with van der Waals surface area (Å²) < 4.78 is 0.695. The molecule has 0 saturated carbocycles. The van der Waals surface area contributed by atoms with Gasteiger partial charge in [-0.2, -0.15) is 0 Å². The summed E-state index contributed by atoms with van der Waals surface area (Å²) >= 11 is 3.30. The largest absolute Gasteiger partial charge is 0.476 e. The highest BCUT2D eigenvalue weighted by Crippen LogP contribution is 2.29. The average molecular weight is 267 g/mol. The summed E-state index contributed by atoms with van der Waals surface area (Å²) in [6.45, 7) is 0. The Hall–Kier alpha value is -1.62. The highest BCUT2D eigenvalue weighted by Gasteiger charge is 2.13. The molecule has 76 valence electrons. The number of hydrogen-bond donors (Lipinski definition) is 2. The van der Waals surface area contributed by atoms with Crippen molar-refractivity contribution in [3.8, 4) is 0 Å². The minimum atomic E-state index is -1.06. The second-order valence-electron chi connectivity index (χ2n) is 3.03. The molecular formula is C10H7BrN2O2. The fourth-order valence-electron chi connectivity index (χ4n) is 1.46. The second kappa shape index (κ2) is 3.51. The van der Waals surface area contributed by atoms with E-state index in [1.165, 1.54) is 6.20 Å². The summed E-state index contributed by atoms with van der Waals surface area (Å²) in [5.74, 6) is -1.06. The van der Waals surface area contributed by atoms with Crippen LogP contribution >= 0.6 is 15.9 Å². The van der Waals surface area contributed by atoms with Crippen LogP contribution in [0.4, 0.5) is 5.69 Å². The van der Waals surface area contributed by atoms with Crippen molar-refractivity contribution in [2.45, 2.75) is 0 Å². The van der Waals surface area contributed by atoms with Crippen LogP contribution in [0.5, 0.6) is 0 Å². The third-order valence-electron chi connectivity index (χ3n) is 2.10. The lowest BCUT2D eigenvalue weighted by Crippen LogP contribution is -2.02. The minimum Gasteiger partial charge on any atom is -0.476 e. The molecule has 1 heterocycles. The van der Waals surface area contributed by atoms with E-state index in [4.69, 9.17) is 10.8 Å². The van der Waals surface area contributed by atoms with Crippen LogP contribution in [-0.2, 0) is 0 Å². The van der Waals surface area contributed by atoms with Gasteiger partial charge in [0, 0.05) is 27.1 Å². The van der Waals surface area contributed by atoms with Gasteiger partial charge in [0.05, 0.1) is 0 Å². The molecule has 2 aromatic rings. The molecule has 15 heavy (non-hydrogen) atoms. The predicted octanol–water partition coefficient (Wildman–Crippen LogP) is 2.28. The Balaban J connectivity index is 2.95. The van der Waals surface area contributed by atoms with Gasteiger partial charge in [0.1, 0.15) is 0 Å². The van der Waals surface area contributed by atoms with Gasteiger partial charge in [-0.05, 0) is 22.0 Å². The van der Waals surface area contributed by atoms with Crippen molar-refractivity contribution < 1.29 is 9.90 Å². The molecule has 0 saturated heterocycles. The van der Waals surface area contributed by atoms with E-state index in [0.29, 0.717) is 20.9 Å². The maximum Gasteiger partial charge on any atom is 0.355 e. The van der Waals surface area contributed by atoms with Crippen LogP contribution in [0, 0.1) is 0 Å². The molecule has 0 aliphatic carbocycles. The number of anilines is 1. The molecule has 5 heteroatoms. The van der Waals surface area contributed by atoms with Crippen molar-refractivity contribution in [2.75, 3.05) is 5.73 Å². The third kappa shape index (κ3) is 1.55. The molecule has 0 fully saturated rings. The molecule has 0 spiro atoms. The summed E-state index contributed by atoms with van der Waals surface area (Å²) in [5.41, 5.74) is 6.32. The smallest absolute Gasteiger partial charge is 0.355 e.